The van der Waals surface area contributed by atoms with Gasteiger partial charge in [-0.2, -0.15) is 10.2 Å². The molecule has 0 atom stereocenters. The minimum Gasteiger partial charge on any atom is -0.480 e. The van der Waals surface area contributed by atoms with Crippen LogP contribution in [0.3, 0.4) is 0 Å². The smallest absolute Gasteiger partial charge is 0.234 e. The number of ether oxygens (including phenoxy) is 1. The lowest BCUT2D eigenvalue weighted by Crippen LogP contribution is -1.91. The molecule has 2 aromatic rings. The van der Waals surface area contributed by atoms with Crippen LogP contribution in [0.5, 0.6) is 5.88 Å². The number of nitrogens with zero attached hydrogens (tertiary/aromatic N) is 2. The lowest BCUT2D eigenvalue weighted by atomic mass is 10.2. The Bertz CT molecular complexity index is 523. The number of rotatable bonds is 1. The van der Waals surface area contributed by atoms with Crippen molar-refractivity contribution in [3.8, 4) is 11.9 Å². The molecule has 2 heterocycles. The maximum Gasteiger partial charge on any atom is 0.234 e. The van der Waals surface area contributed by atoms with E-state index in [-0.39, 0.29) is 0 Å². The summed E-state index contributed by atoms with van der Waals surface area (Å²) in [5.74, 6) is 0.300. The topological polar surface area (TPSA) is 59.1 Å². The number of aryl methyl sites for hydroxylation is 1. The fourth-order valence-electron chi connectivity index (χ4n) is 1.30. The minimum absolute atomic E-state index is 0.300. The molecule has 0 saturated carbocycles. The van der Waals surface area contributed by atoms with Gasteiger partial charge in [0.25, 0.3) is 0 Å². The second-order valence-corrected chi connectivity index (χ2v) is 2.93. The second kappa shape index (κ2) is 3.04. The van der Waals surface area contributed by atoms with Gasteiger partial charge in [0, 0.05) is 5.39 Å². The third-order valence-electron chi connectivity index (χ3n) is 2.04. The van der Waals surface area contributed by atoms with E-state index in [1.165, 1.54) is 7.11 Å². The van der Waals surface area contributed by atoms with E-state index in [4.69, 9.17) is 14.4 Å². The molecule has 2 aromatic heterocycles. The highest BCUT2D eigenvalue weighted by Crippen LogP contribution is 2.24. The van der Waals surface area contributed by atoms with E-state index >= 15 is 0 Å². The number of hydrogen-bond acceptors (Lipinski definition) is 4. The quantitative estimate of drug-likeness (QED) is 0.686. The van der Waals surface area contributed by atoms with Crippen LogP contribution in [0.15, 0.2) is 16.7 Å². The van der Waals surface area contributed by atoms with E-state index in [1.54, 1.807) is 12.3 Å². The van der Waals surface area contributed by atoms with Crippen LogP contribution >= 0.6 is 0 Å². The summed E-state index contributed by atoms with van der Waals surface area (Å²) in [5.41, 5.74) is 1.88. The monoisotopic (exact) mass is 188 g/mol. The Morgan fingerprint density at radius 2 is 2.36 bits per heavy atom. The van der Waals surface area contributed by atoms with Gasteiger partial charge in [0.1, 0.15) is 11.6 Å². The van der Waals surface area contributed by atoms with E-state index in [0.29, 0.717) is 17.2 Å². The molecule has 0 N–H and O–H groups in total. The Morgan fingerprint density at radius 1 is 1.57 bits per heavy atom. The van der Waals surface area contributed by atoms with Crippen molar-refractivity contribution in [3.63, 3.8) is 0 Å². The summed E-state index contributed by atoms with van der Waals surface area (Å²) in [4.78, 5) is 4.07. The average Bonchev–Trinajstić information content (AvgIpc) is 2.58. The number of nitriles is 1. The van der Waals surface area contributed by atoms with Crippen molar-refractivity contribution < 1.29 is 9.15 Å². The molecular formula is C10H8N2O2. The van der Waals surface area contributed by atoms with Crippen LogP contribution in [0.4, 0.5) is 0 Å². The highest BCUT2D eigenvalue weighted by molar-refractivity contribution is 5.79. The van der Waals surface area contributed by atoms with Gasteiger partial charge in [-0.3, -0.25) is 0 Å². The third kappa shape index (κ3) is 1.11. The van der Waals surface area contributed by atoms with Gasteiger partial charge < -0.3 is 9.15 Å². The van der Waals surface area contributed by atoms with Crippen LogP contribution in [0, 0.1) is 18.3 Å². The molecule has 0 spiro atoms. The molecule has 0 unspecified atom stereocenters. The molecule has 0 aliphatic carbocycles. The zero-order valence-electron chi connectivity index (χ0n) is 7.87. The first-order chi connectivity index (χ1) is 6.76. The number of hydrogen-bond donors (Lipinski definition) is 0. The van der Waals surface area contributed by atoms with Crippen molar-refractivity contribution in [1.82, 2.24) is 4.98 Å². The first-order valence-corrected chi connectivity index (χ1v) is 4.09. The van der Waals surface area contributed by atoms with Crippen molar-refractivity contribution >= 4 is 11.1 Å². The van der Waals surface area contributed by atoms with Crippen LogP contribution in [0.1, 0.15) is 11.1 Å². The summed E-state index contributed by atoms with van der Waals surface area (Å²) in [5, 5.41) is 9.69. The van der Waals surface area contributed by atoms with Crippen LogP contribution in [-0.2, 0) is 0 Å². The van der Waals surface area contributed by atoms with Gasteiger partial charge in [0.05, 0.1) is 13.4 Å². The van der Waals surface area contributed by atoms with E-state index in [0.717, 1.165) is 10.9 Å². The first-order valence-electron chi connectivity index (χ1n) is 4.09. The Hall–Kier alpha value is -2.02. The molecule has 0 aliphatic heterocycles. The summed E-state index contributed by atoms with van der Waals surface area (Å²) in [6, 6.07) is 3.75. The molecule has 0 radical (unpaired) electrons. The highest BCUT2D eigenvalue weighted by Gasteiger charge is 2.10. The summed E-state index contributed by atoms with van der Waals surface area (Å²) in [6.07, 6.45) is 1.61. The normalized spacial score (nSPS) is 10.1. The Morgan fingerprint density at radius 3 is 3.00 bits per heavy atom. The van der Waals surface area contributed by atoms with Crippen molar-refractivity contribution in [2.24, 2.45) is 0 Å². The average molecular weight is 188 g/mol. The van der Waals surface area contributed by atoms with Crippen LogP contribution in [0.2, 0.25) is 0 Å². The summed E-state index contributed by atoms with van der Waals surface area (Å²) in [7, 11) is 1.48. The number of pyridine rings is 1. The van der Waals surface area contributed by atoms with E-state index in [2.05, 4.69) is 4.98 Å². The summed E-state index contributed by atoms with van der Waals surface area (Å²) >= 11 is 0. The van der Waals surface area contributed by atoms with Crippen molar-refractivity contribution in [1.29, 1.82) is 5.26 Å². The highest BCUT2D eigenvalue weighted by atomic mass is 16.5. The van der Waals surface area contributed by atoms with Gasteiger partial charge in [-0.05, 0) is 18.6 Å². The molecule has 2 rings (SSSR count). The van der Waals surface area contributed by atoms with Gasteiger partial charge in [-0.25, -0.2) is 0 Å². The summed E-state index contributed by atoms with van der Waals surface area (Å²) < 4.78 is 10.2. The van der Waals surface area contributed by atoms with Crippen LogP contribution < -0.4 is 4.74 Å². The standard InChI is InChI=1S/C10H8N2O2/c1-6-5-14-10-8(6)3-7(4-11)9(12-10)13-2/h3,5H,1-2H3. The lowest BCUT2D eigenvalue weighted by molar-refractivity contribution is 0.395. The number of aromatic nitrogens is 1. The lowest BCUT2D eigenvalue weighted by Gasteiger charge is -1.99. The van der Waals surface area contributed by atoms with Gasteiger partial charge in [0.2, 0.25) is 11.6 Å². The second-order valence-electron chi connectivity index (χ2n) is 2.93. The molecule has 14 heavy (non-hydrogen) atoms. The molecular weight excluding hydrogens is 180 g/mol. The molecule has 4 heteroatoms. The zero-order valence-corrected chi connectivity index (χ0v) is 7.87. The van der Waals surface area contributed by atoms with Crippen LogP contribution in [-0.4, -0.2) is 12.1 Å². The Kier molecular flexibility index (Phi) is 1.86. The van der Waals surface area contributed by atoms with E-state index in [1.807, 2.05) is 13.0 Å². The molecule has 4 nitrogen and oxygen atoms in total. The van der Waals surface area contributed by atoms with Gasteiger partial charge in [0.15, 0.2) is 0 Å². The Balaban J connectivity index is 2.79. The van der Waals surface area contributed by atoms with Gasteiger partial charge >= 0.3 is 0 Å². The molecule has 0 amide bonds. The van der Waals surface area contributed by atoms with E-state index < -0.39 is 0 Å². The fourth-order valence-corrected chi connectivity index (χ4v) is 1.30. The largest absolute Gasteiger partial charge is 0.480 e. The first kappa shape index (κ1) is 8.57. The molecule has 0 saturated heterocycles. The maximum atomic E-state index is 8.84. The minimum atomic E-state index is 0.300. The van der Waals surface area contributed by atoms with E-state index in [9.17, 15) is 0 Å². The fraction of sp³-hybridized carbons (Fsp3) is 0.200. The number of fused-ring (bicyclic) bond motifs is 1. The zero-order chi connectivity index (χ0) is 10.1. The molecule has 0 bridgehead atoms. The van der Waals surface area contributed by atoms with Crippen molar-refractivity contribution in [2.75, 3.05) is 7.11 Å². The number of methoxy groups -OCH3 is 1. The summed E-state index contributed by atoms with van der Waals surface area (Å²) in [6.45, 7) is 1.90. The van der Waals surface area contributed by atoms with Crippen LogP contribution in [0.25, 0.3) is 11.1 Å². The molecule has 70 valence electrons. The molecule has 0 aromatic carbocycles. The predicted octanol–water partition coefficient (Wildman–Crippen LogP) is 2.02. The number of furan rings is 1. The Labute approximate surface area is 80.7 Å². The third-order valence-corrected chi connectivity index (χ3v) is 2.04. The predicted molar refractivity (Wildman–Crippen MR) is 50.0 cm³/mol. The van der Waals surface area contributed by atoms with Crippen molar-refractivity contribution in [3.05, 3.63) is 23.5 Å². The van der Waals surface area contributed by atoms with Gasteiger partial charge in [-0.1, -0.05) is 0 Å². The molecule has 0 aliphatic rings. The molecule has 0 fully saturated rings. The SMILES string of the molecule is COc1nc2occ(C)c2cc1C#N. The maximum absolute atomic E-state index is 8.84. The van der Waals surface area contributed by atoms with Gasteiger partial charge in [-0.15, -0.1) is 0 Å². The van der Waals surface area contributed by atoms with Crippen molar-refractivity contribution in [2.45, 2.75) is 6.92 Å².